The first-order valence-corrected chi connectivity index (χ1v) is 5.59. The third-order valence-corrected chi connectivity index (χ3v) is 2.77. The number of halogens is 2. The van der Waals surface area contributed by atoms with E-state index in [4.69, 9.17) is 16.7 Å². The van der Waals surface area contributed by atoms with Crippen molar-refractivity contribution in [3.63, 3.8) is 0 Å². The van der Waals surface area contributed by atoms with Crippen molar-refractivity contribution in [1.29, 1.82) is 0 Å². The molecule has 0 heterocycles. The van der Waals surface area contributed by atoms with E-state index in [1.54, 1.807) is 13.0 Å². The molecule has 1 atom stereocenters. The van der Waals surface area contributed by atoms with Gasteiger partial charge >= 0.3 is 5.97 Å². The maximum absolute atomic E-state index is 10.6. The van der Waals surface area contributed by atoms with Crippen LogP contribution in [0.15, 0.2) is 22.7 Å². The Hall–Kier alpha value is -0.740. The van der Waals surface area contributed by atoms with Gasteiger partial charge in [-0.05, 0) is 18.2 Å². The summed E-state index contributed by atoms with van der Waals surface area (Å²) in [5.74, 6) is -1.27. The van der Waals surface area contributed by atoms with Crippen molar-refractivity contribution in [2.75, 3.05) is 11.9 Å². The third-order valence-electron chi connectivity index (χ3n) is 1.95. The molecule has 0 aliphatic carbocycles. The monoisotopic (exact) mass is 291 g/mol. The van der Waals surface area contributed by atoms with E-state index in [0.717, 1.165) is 10.2 Å². The van der Waals surface area contributed by atoms with E-state index in [1.807, 2.05) is 12.1 Å². The third kappa shape index (κ3) is 3.72. The molecule has 0 aliphatic rings. The molecule has 15 heavy (non-hydrogen) atoms. The van der Waals surface area contributed by atoms with Crippen LogP contribution in [-0.2, 0) is 4.79 Å². The second-order valence-corrected chi connectivity index (χ2v) is 4.57. The Kier molecular flexibility index (Phi) is 4.42. The minimum atomic E-state index is -0.825. The van der Waals surface area contributed by atoms with Crippen LogP contribution < -0.4 is 5.32 Å². The highest BCUT2D eigenvalue weighted by molar-refractivity contribution is 9.10. The highest BCUT2D eigenvalue weighted by Crippen LogP contribution is 2.25. The van der Waals surface area contributed by atoms with E-state index >= 15 is 0 Å². The fraction of sp³-hybridized carbons (Fsp3) is 0.300. The first kappa shape index (κ1) is 12.3. The number of nitrogens with one attached hydrogen (secondary N) is 1. The SMILES string of the molecule is CC(CNc1cc(Br)ccc1Cl)C(=O)O. The molecule has 82 valence electrons. The van der Waals surface area contributed by atoms with Crippen molar-refractivity contribution in [2.24, 2.45) is 5.92 Å². The van der Waals surface area contributed by atoms with Crippen LogP contribution >= 0.6 is 27.5 Å². The quantitative estimate of drug-likeness (QED) is 0.896. The second-order valence-electron chi connectivity index (χ2n) is 3.24. The van der Waals surface area contributed by atoms with Gasteiger partial charge in [0.05, 0.1) is 16.6 Å². The van der Waals surface area contributed by atoms with Crippen molar-refractivity contribution in [3.8, 4) is 0 Å². The van der Waals surface area contributed by atoms with Crippen LogP contribution in [0, 0.1) is 5.92 Å². The summed E-state index contributed by atoms with van der Waals surface area (Å²) in [6, 6.07) is 5.39. The zero-order valence-electron chi connectivity index (χ0n) is 8.13. The van der Waals surface area contributed by atoms with Gasteiger partial charge in [0, 0.05) is 11.0 Å². The molecule has 0 saturated heterocycles. The molecule has 1 aromatic rings. The van der Waals surface area contributed by atoms with Crippen LogP contribution in [0.5, 0.6) is 0 Å². The molecule has 0 radical (unpaired) electrons. The first-order chi connectivity index (χ1) is 7.00. The van der Waals surface area contributed by atoms with Crippen LogP contribution in [0.1, 0.15) is 6.92 Å². The van der Waals surface area contributed by atoms with E-state index < -0.39 is 11.9 Å². The first-order valence-electron chi connectivity index (χ1n) is 4.42. The second kappa shape index (κ2) is 5.37. The van der Waals surface area contributed by atoms with Crippen molar-refractivity contribution in [2.45, 2.75) is 6.92 Å². The average molecular weight is 293 g/mol. The van der Waals surface area contributed by atoms with Gasteiger partial charge in [0.2, 0.25) is 0 Å². The highest BCUT2D eigenvalue weighted by Gasteiger charge is 2.10. The number of anilines is 1. The molecule has 1 rings (SSSR count). The molecule has 3 nitrogen and oxygen atoms in total. The van der Waals surface area contributed by atoms with E-state index in [2.05, 4.69) is 21.2 Å². The maximum Gasteiger partial charge on any atom is 0.308 e. The van der Waals surface area contributed by atoms with Gasteiger partial charge in [0.25, 0.3) is 0 Å². The minimum Gasteiger partial charge on any atom is -0.481 e. The van der Waals surface area contributed by atoms with Crippen LogP contribution in [-0.4, -0.2) is 17.6 Å². The van der Waals surface area contributed by atoms with E-state index in [-0.39, 0.29) is 0 Å². The van der Waals surface area contributed by atoms with Gasteiger partial charge in [0.1, 0.15) is 0 Å². The summed E-state index contributed by atoms with van der Waals surface area (Å²) in [5, 5.41) is 12.3. The number of carboxylic acid groups (broad SMARTS) is 1. The molecular formula is C10H11BrClNO2. The number of hydrogen-bond acceptors (Lipinski definition) is 2. The Labute approximate surface area is 102 Å². The van der Waals surface area contributed by atoms with Gasteiger partial charge in [-0.15, -0.1) is 0 Å². The zero-order chi connectivity index (χ0) is 11.4. The Morgan fingerprint density at radius 2 is 2.33 bits per heavy atom. The fourth-order valence-electron chi connectivity index (χ4n) is 0.983. The number of hydrogen-bond donors (Lipinski definition) is 2. The number of benzene rings is 1. The normalized spacial score (nSPS) is 12.2. The van der Waals surface area contributed by atoms with Crippen LogP contribution in [0.25, 0.3) is 0 Å². The standard InChI is InChI=1S/C10H11BrClNO2/c1-6(10(14)15)5-13-9-4-7(11)2-3-8(9)12/h2-4,6,13H,5H2,1H3,(H,14,15). The van der Waals surface area contributed by atoms with E-state index in [9.17, 15) is 4.79 Å². The summed E-state index contributed by atoms with van der Waals surface area (Å²) >= 11 is 9.25. The van der Waals surface area contributed by atoms with Crippen molar-refractivity contribution in [3.05, 3.63) is 27.7 Å². The lowest BCUT2D eigenvalue weighted by Gasteiger charge is -2.11. The van der Waals surface area contributed by atoms with Crippen LogP contribution in [0.2, 0.25) is 5.02 Å². The summed E-state index contributed by atoms with van der Waals surface area (Å²) in [4.78, 5) is 10.6. The maximum atomic E-state index is 10.6. The Bertz CT molecular complexity index is 370. The van der Waals surface area contributed by atoms with Crippen LogP contribution in [0.4, 0.5) is 5.69 Å². The summed E-state index contributed by atoms with van der Waals surface area (Å²) in [5.41, 5.74) is 0.735. The Morgan fingerprint density at radius 1 is 1.67 bits per heavy atom. The van der Waals surface area contributed by atoms with Gasteiger partial charge in [-0.3, -0.25) is 4.79 Å². The number of aliphatic carboxylic acids is 1. The lowest BCUT2D eigenvalue weighted by atomic mass is 10.2. The number of carbonyl (C=O) groups is 1. The van der Waals surface area contributed by atoms with Crippen molar-refractivity contribution >= 4 is 39.2 Å². The number of carboxylic acids is 1. The highest BCUT2D eigenvalue weighted by atomic mass is 79.9. The molecule has 0 saturated carbocycles. The van der Waals surface area contributed by atoms with Gasteiger partial charge in [-0.25, -0.2) is 0 Å². The fourth-order valence-corrected chi connectivity index (χ4v) is 1.53. The van der Waals surface area contributed by atoms with Gasteiger partial charge in [0.15, 0.2) is 0 Å². The number of rotatable bonds is 4. The predicted octanol–water partition coefficient (Wildman–Crippen LogP) is 3.24. The summed E-state index contributed by atoms with van der Waals surface area (Å²) in [6.45, 7) is 1.99. The van der Waals surface area contributed by atoms with Gasteiger partial charge in [-0.2, -0.15) is 0 Å². The van der Waals surface area contributed by atoms with Crippen LogP contribution in [0.3, 0.4) is 0 Å². The van der Waals surface area contributed by atoms with Crippen molar-refractivity contribution in [1.82, 2.24) is 0 Å². The molecule has 2 N–H and O–H groups in total. The topological polar surface area (TPSA) is 49.3 Å². The summed E-state index contributed by atoms with van der Waals surface area (Å²) < 4.78 is 0.900. The molecule has 0 aliphatic heterocycles. The molecule has 0 aromatic heterocycles. The van der Waals surface area contributed by atoms with Gasteiger partial charge < -0.3 is 10.4 Å². The molecule has 0 amide bonds. The Balaban J connectivity index is 2.65. The predicted molar refractivity (Wildman–Crippen MR) is 64.4 cm³/mol. The summed E-state index contributed by atoms with van der Waals surface area (Å²) in [7, 11) is 0. The van der Waals surface area contributed by atoms with Crippen molar-refractivity contribution < 1.29 is 9.90 Å². The summed E-state index contributed by atoms with van der Waals surface area (Å²) in [6.07, 6.45) is 0. The molecule has 0 spiro atoms. The van der Waals surface area contributed by atoms with E-state index in [0.29, 0.717) is 11.6 Å². The molecular weight excluding hydrogens is 281 g/mol. The zero-order valence-corrected chi connectivity index (χ0v) is 10.5. The Morgan fingerprint density at radius 3 is 2.93 bits per heavy atom. The smallest absolute Gasteiger partial charge is 0.308 e. The average Bonchev–Trinajstić information content (AvgIpc) is 2.18. The largest absolute Gasteiger partial charge is 0.481 e. The van der Waals surface area contributed by atoms with E-state index in [1.165, 1.54) is 0 Å². The molecule has 0 fully saturated rings. The lowest BCUT2D eigenvalue weighted by molar-refractivity contribution is -0.140. The minimum absolute atomic E-state index is 0.353. The molecule has 1 aromatic carbocycles. The molecule has 5 heteroatoms. The lowest BCUT2D eigenvalue weighted by Crippen LogP contribution is -2.19. The van der Waals surface area contributed by atoms with Gasteiger partial charge in [-0.1, -0.05) is 34.5 Å². The molecule has 1 unspecified atom stereocenters. The molecule has 0 bridgehead atoms.